The molecule has 9 nitrogen and oxygen atoms in total. The lowest BCUT2D eigenvalue weighted by atomic mass is 10.1. The fourth-order valence-electron chi connectivity index (χ4n) is 5.22. The molecule has 0 unspecified atom stereocenters. The highest BCUT2D eigenvalue weighted by atomic mass is 32.1. The van der Waals surface area contributed by atoms with Gasteiger partial charge in [0.1, 0.15) is 16.5 Å². The second kappa shape index (κ2) is 13.9. The number of carbonyl (C=O) groups excluding carboxylic acids is 1. The molecule has 2 aromatic heterocycles. The molecule has 6 rings (SSSR count). The van der Waals surface area contributed by atoms with Gasteiger partial charge in [-0.15, -0.1) is 11.3 Å². The number of nitriles is 1. The molecule has 1 amide bonds. The summed E-state index contributed by atoms with van der Waals surface area (Å²) >= 11 is 0.962. The van der Waals surface area contributed by atoms with Gasteiger partial charge in [-0.05, 0) is 37.3 Å². The number of aromatic nitrogens is 3. The number of benzene rings is 3. The van der Waals surface area contributed by atoms with Crippen molar-refractivity contribution in [2.24, 2.45) is 0 Å². The number of rotatable bonds is 8. The number of amides is 1. The maximum atomic E-state index is 15.2. The van der Waals surface area contributed by atoms with E-state index in [1.807, 2.05) is 73.8 Å². The molecular weight excluding hydrogens is 603 g/mol. The Bertz CT molecular complexity index is 2090. The van der Waals surface area contributed by atoms with Gasteiger partial charge in [0.25, 0.3) is 11.5 Å². The monoisotopic (exact) mass is 634 g/mol. The zero-order valence-corrected chi connectivity index (χ0v) is 26.0. The van der Waals surface area contributed by atoms with Crippen molar-refractivity contribution >= 4 is 28.9 Å². The molecule has 1 fully saturated rings. The van der Waals surface area contributed by atoms with Crippen LogP contribution < -0.4 is 20.1 Å². The van der Waals surface area contributed by atoms with Gasteiger partial charge in [0.05, 0.1) is 34.8 Å². The third kappa shape index (κ3) is 6.60. The minimum absolute atomic E-state index is 0.0417. The number of hydrogen-bond donors (Lipinski definition) is 1. The molecule has 1 aliphatic rings. The molecule has 1 saturated heterocycles. The van der Waals surface area contributed by atoms with E-state index in [0.717, 1.165) is 45.8 Å². The fraction of sp³-hybridized carbons (Fsp3) is 0.200. The Morgan fingerprint density at radius 2 is 1.78 bits per heavy atom. The van der Waals surface area contributed by atoms with E-state index in [-0.39, 0.29) is 20.5 Å². The van der Waals surface area contributed by atoms with Crippen LogP contribution in [0.5, 0.6) is 0 Å². The number of ether oxygens (including phenoxy) is 1. The van der Waals surface area contributed by atoms with Crippen LogP contribution in [0.3, 0.4) is 0 Å². The van der Waals surface area contributed by atoms with Crippen LogP contribution in [-0.2, 0) is 9.53 Å². The van der Waals surface area contributed by atoms with Crippen LogP contribution in [0.2, 0.25) is 0 Å². The van der Waals surface area contributed by atoms with Gasteiger partial charge < -0.3 is 10.1 Å². The Morgan fingerprint density at radius 1 is 1.07 bits per heavy atom. The van der Waals surface area contributed by atoms with Crippen LogP contribution in [0.1, 0.15) is 11.1 Å². The van der Waals surface area contributed by atoms with Crippen molar-refractivity contribution in [1.82, 2.24) is 24.6 Å². The lowest BCUT2D eigenvalue weighted by Crippen LogP contribution is -2.42. The molecule has 3 aromatic carbocycles. The molecule has 0 bridgehead atoms. The molecule has 11 heteroatoms. The maximum Gasteiger partial charge on any atom is 0.273 e. The molecule has 0 saturated carbocycles. The second-order valence-corrected chi connectivity index (χ2v) is 11.8. The van der Waals surface area contributed by atoms with Gasteiger partial charge >= 0.3 is 0 Å². The lowest BCUT2D eigenvalue weighted by molar-refractivity contribution is -0.115. The first kappa shape index (κ1) is 30.9. The summed E-state index contributed by atoms with van der Waals surface area (Å²) in [4.78, 5) is 29.6. The Morgan fingerprint density at radius 3 is 2.50 bits per heavy atom. The highest BCUT2D eigenvalue weighted by Crippen LogP contribution is 2.25. The number of nitrogens with zero attached hydrogens (tertiary/aromatic N) is 5. The summed E-state index contributed by atoms with van der Waals surface area (Å²) in [6.45, 7) is 5.66. The zero-order chi connectivity index (χ0) is 32.0. The lowest BCUT2D eigenvalue weighted by Gasteiger charge is -2.26. The van der Waals surface area contributed by atoms with Gasteiger partial charge in [0.15, 0.2) is 5.57 Å². The van der Waals surface area contributed by atoms with Crippen LogP contribution in [-0.4, -0.2) is 64.5 Å². The van der Waals surface area contributed by atoms with Gasteiger partial charge in [0, 0.05) is 43.5 Å². The van der Waals surface area contributed by atoms with Crippen molar-refractivity contribution in [2.75, 3.05) is 39.4 Å². The molecule has 1 N–H and O–H groups in total. The average molecular weight is 635 g/mol. The average Bonchev–Trinajstić information content (AvgIpc) is 3.64. The quantitative estimate of drug-likeness (QED) is 0.281. The number of morpholine rings is 1. The Kier molecular flexibility index (Phi) is 9.30. The summed E-state index contributed by atoms with van der Waals surface area (Å²) in [7, 11) is 0. The molecule has 46 heavy (non-hydrogen) atoms. The van der Waals surface area contributed by atoms with Crippen molar-refractivity contribution in [3.05, 3.63) is 122 Å². The van der Waals surface area contributed by atoms with Crippen LogP contribution >= 0.6 is 11.3 Å². The van der Waals surface area contributed by atoms with Crippen molar-refractivity contribution in [3.8, 4) is 28.7 Å². The van der Waals surface area contributed by atoms with Gasteiger partial charge in [-0.25, -0.2) is 9.07 Å². The van der Waals surface area contributed by atoms with Gasteiger partial charge in [-0.3, -0.25) is 19.1 Å². The summed E-state index contributed by atoms with van der Waals surface area (Å²) in [6, 6.07) is 25.3. The predicted octanol–water partition coefficient (Wildman–Crippen LogP) is 3.15. The Labute approximate surface area is 268 Å². The Balaban J connectivity index is 1.50. The number of hydrogen-bond acceptors (Lipinski definition) is 7. The molecule has 1 aliphatic heterocycles. The first-order valence-electron chi connectivity index (χ1n) is 14.9. The van der Waals surface area contributed by atoms with Gasteiger partial charge in [-0.2, -0.15) is 10.4 Å². The maximum absolute atomic E-state index is 15.2. The first-order chi connectivity index (χ1) is 22.4. The van der Waals surface area contributed by atoms with Crippen molar-refractivity contribution in [1.29, 1.82) is 5.26 Å². The molecule has 5 aromatic rings. The summed E-state index contributed by atoms with van der Waals surface area (Å²) < 4.78 is 23.7. The van der Waals surface area contributed by atoms with Crippen LogP contribution in [0.25, 0.3) is 34.3 Å². The van der Waals surface area contributed by atoms with E-state index < -0.39 is 17.3 Å². The van der Waals surface area contributed by atoms with E-state index >= 15 is 4.39 Å². The number of thiazole rings is 1. The van der Waals surface area contributed by atoms with Crippen molar-refractivity contribution in [2.45, 2.75) is 6.92 Å². The molecule has 0 aliphatic carbocycles. The summed E-state index contributed by atoms with van der Waals surface area (Å²) in [6.07, 6.45) is 3.50. The molecular formula is C35H31FN6O3S. The van der Waals surface area contributed by atoms with E-state index in [9.17, 15) is 14.9 Å². The molecule has 0 radical (unpaired) electrons. The third-order valence-electron chi connectivity index (χ3n) is 7.66. The first-order valence-corrected chi connectivity index (χ1v) is 15.7. The molecule has 0 spiro atoms. The summed E-state index contributed by atoms with van der Waals surface area (Å²) in [5, 5.41) is 17.8. The molecule has 232 valence electrons. The van der Waals surface area contributed by atoms with Crippen LogP contribution in [0, 0.1) is 24.1 Å². The number of halogens is 1. The van der Waals surface area contributed by atoms with Crippen LogP contribution in [0.15, 0.2) is 89.9 Å². The largest absolute Gasteiger partial charge is 0.379 e. The Hall–Kier alpha value is -5.15. The van der Waals surface area contributed by atoms with Crippen molar-refractivity contribution in [3.63, 3.8) is 0 Å². The number of para-hydroxylation sites is 2. The fourth-order valence-corrected chi connectivity index (χ4v) is 6.31. The highest BCUT2D eigenvalue weighted by molar-refractivity contribution is 7.07. The van der Waals surface area contributed by atoms with Crippen molar-refractivity contribution < 1.29 is 13.9 Å². The smallest absolute Gasteiger partial charge is 0.273 e. The van der Waals surface area contributed by atoms with E-state index in [0.29, 0.717) is 37.6 Å². The molecule has 0 atom stereocenters. The predicted molar refractivity (Wildman–Crippen MR) is 176 cm³/mol. The zero-order valence-electron chi connectivity index (χ0n) is 25.1. The molecule has 3 heterocycles. The van der Waals surface area contributed by atoms with Gasteiger partial charge in [0.2, 0.25) is 0 Å². The normalized spacial score (nSPS) is 14.6. The number of carbonyl (C=O) groups is 1. The highest BCUT2D eigenvalue weighted by Gasteiger charge is 2.20. The van der Waals surface area contributed by atoms with Gasteiger partial charge in [-0.1, -0.05) is 60.2 Å². The topological polar surface area (TPSA) is 105 Å². The summed E-state index contributed by atoms with van der Waals surface area (Å²) in [5.74, 6) is -1.29. The number of aryl methyl sites for hydroxylation is 1. The van der Waals surface area contributed by atoms with E-state index in [1.54, 1.807) is 16.8 Å². The standard InChI is InChI=1S/C35H31FN6O3S/c1-24-11-13-25(14-12-24)32-26(23-41(39-32)27-7-3-2-4-8-27)21-31-34(44)42(30-10-6-5-9-29(30)36)35(46-31)28(22-37)33(43)38-15-16-40-17-19-45-20-18-40/h2-14,21,23H,15-20H2,1H3,(H,38,43). The minimum atomic E-state index is -0.655. The summed E-state index contributed by atoms with van der Waals surface area (Å²) in [5.41, 5.74) is 3.18. The minimum Gasteiger partial charge on any atom is -0.379 e. The van der Waals surface area contributed by atoms with E-state index in [4.69, 9.17) is 9.84 Å². The second-order valence-electron chi connectivity index (χ2n) is 10.8. The third-order valence-corrected chi connectivity index (χ3v) is 8.75. The van der Waals surface area contributed by atoms with Crippen LogP contribution in [0.4, 0.5) is 4.39 Å². The number of nitrogens with one attached hydrogen (secondary N) is 1. The van der Waals surface area contributed by atoms with E-state index in [2.05, 4.69) is 10.2 Å². The van der Waals surface area contributed by atoms with E-state index in [1.165, 1.54) is 18.2 Å². The SMILES string of the molecule is Cc1ccc(-c2nn(-c3ccccc3)cc2C=c2sc(=C(C#N)C(=O)NCCN3CCOCC3)n(-c3ccccc3F)c2=O)cc1.